The van der Waals surface area contributed by atoms with Crippen LogP contribution in [0, 0.1) is 5.82 Å². The Balaban J connectivity index is 1.78. The van der Waals surface area contributed by atoms with E-state index in [0.29, 0.717) is 11.6 Å². The molecule has 8 heteroatoms. The second-order valence-corrected chi connectivity index (χ2v) is 6.66. The van der Waals surface area contributed by atoms with Crippen molar-refractivity contribution in [1.82, 2.24) is 10.2 Å². The van der Waals surface area contributed by atoms with Gasteiger partial charge in [-0.05, 0) is 29.3 Å². The number of carbonyl (C=O) groups excluding carboxylic acids is 3. The molecular weight excluding hydrogens is 373 g/mol. The van der Waals surface area contributed by atoms with Gasteiger partial charge in [-0.1, -0.05) is 35.9 Å². The fraction of sp³-hybridized carbons (Fsp3) is 0.211. The molecule has 0 fully saturated rings. The third-order valence-corrected chi connectivity index (χ3v) is 4.72. The predicted molar refractivity (Wildman–Crippen MR) is 97.2 cm³/mol. The molecule has 2 aromatic rings. The minimum atomic E-state index is -1.19. The van der Waals surface area contributed by atoms with Crippen molar-refractivity contribution in [1.29, 1.82) is 0 Å². The van der Waals surface area contributed by atoms with E-state index < -0.39 is 29.6 Å². The molecule has 2 aromatic carbocycles. The number of fused-ring (bicyclic) bond motifs is 1. The van der Waals surface area contributed by atoms with Crippen molar-refractivity contribution >= 4 is 29.3 Å². The van der Waals surface area contributed by atoms with Crippen molar-refractivity contribution in [3.05, 3.63) is 70.0 Å². The molecule has 1 unspecified atom stereocenters. The van der Waals surface area contributed by atoms with E-state index in [1.54, 1.807) is 12.1 Å². The fourth-order valence-corrected chi connectivity index (χ4v) is 3.29. The molecule has 1 atom stereocenters. The largest absolute Gasteiger partial charge is 0.370 e. The standard InChI is InChI=1S/C19H17ClFN3O3/c20-14-6-3-4-11-9-24(10-13(11)14)19(27)16(8-17(22)25)23-18(26)12-5-1-2-7-15(12)21/h1-7,16H,8-10H2,(H2,22,25)(H,23,26). The first-order valence-electron chi connectivity index (χ1n) is 8.25. The zero-order chi connectivity index (χ0) is 19.6. The van der Waals surface area contributed by atoms with E-state index >= 15 is 0 Å². The Morgan fingerprint density at radius 3 is 2.56 bits per heavy atom. The molecule has 3 N–H and O–H groups in total. The van der Waals surface area contributed by atoms with E-state index in [4.69, 9.17) is 17.3 Å². The smallest absolute Gasteiger partial charge is 0.254 e. The number of benzene rings is 2. The van der Waals surface area contributed by atoms with Gasteiger partial charge in [-0.3, -0.25) is 14.4 Å². The molecule has 3 amide bonds. The molecule has 0 saturated carbocycles. The van der Waals surface area contributed by atoms with Gasteiger partial charge in [0.15, 0.2) is 0 Å². The second kappa shape index (κ2) is 7.75. The zero-order valence-electron chi connectivity index (χ0n) is 14.2. The zero-order valence-corrected chi connectivity index (χ0v) is 15.0. The lowest BCUT2D eigenvalue weighted by Crippen LogP contribution is -2.49. The number of nitrogens with one attached hydrogen (secondary N) is 1. The van der Waals surface area contributed by atoms with Crippen LogP contribution in [0.4, 0.5) is 4.39 Å². The van der Waals surface area contributed by atoms with E-state index in [9.17, 15) is 18.8 Å². The second-order valence-electron chi connectivity index (χ2n) is 6.25. The van der Waals surface area contributed by atoms with Crippen LogP contribution in [0.5, 0.6) is 0 Å². The van der Waals surface area contributed by atoms with E-state index in [1.165, 1.54) is 23.1 Å². The Morgan fingerprint density at radius 2 is 1.89 bits per heavy atom. The number of hydrogen-bond donors (Lipinski definition) is 2. The highest BCUT2D eigenvalue weighted by Crippen LogP contribution is 2.29. The highest BCUT2D eigenvalue weighted by molar-refractivity contribution is 6.31. The number of carbonyl (C=O) groups is 3. The van der Waals surface area contributed by atoms with Crippen molar-refractivity contribution in [3.8, 4) is 0 Å². The van der Waals surface area contributed by atoms with Crippen LogP contribution in [0.3, 0.4) is 0 Å². The molecular formula is C19H17ClFN3O3. The molecule has 0 aromatic heterocycles. The number of nitrogens with zero attached hydrogens (tertiary/aromatic N) is 1. The Labute approximate surface area is 160 Å². The number of rotatable bonds is 5. The van der Waals surface area contributed by atoms with Crippen molar-refractivity contribution in [2.45, 2.75) is 25.6 Å². The summed E-state index contributed by atoms with van der Waals surface area (Å²) < 4.78 is 13.8. The number of nitrogens with two attached hydrogens (primary N) is 1. The molecule has 1 aliphatic rings. The van der Waals surface area contributed by atoms with Crippen LogP contribution in [-0.2, 0) is 22.7 Å². The van der Waals surface area contributed by atoms with E-state index in [1.807, 2.05) is 6.07 Å². The number of amides is 3. The van der Waals surface area contributed by atoms with Crippen molar-refractivity contribution in [3.63, 3.8) is 0 Å². The summed E-state index contributed by atoms with van der Waals surface area (Å²) >= 11 is 6.16. The molecule has 0 bridgehead atoms. The molecule has 0 spiro atoms. The van der Waals surface area contributed by atoms with Crippen LogP contribution in [-0.4, -0.2) is 28.7 Å². The lowest BCUT2D eigenvalue weighted by Gasteiger charge is -2.23. The first-order valence-corrected chi connectivity index (χ1v) is 8.63. The summed E-state index contributed by atoms with van der Waals surface area (Å²) in [4.78, 5) is 38.1. The average molecular weight is 390 g/mol. The summed E-state index contributed by atoms with van der Waals surface area (Å²) in [5.74, 6) is -2.74. The van der Waals surface area contributed by atoms with Gasteiger partial charge in [-0.2, -0.15) is 0 Å². The van der Waals surface area contributed by atoms with Crippen LogP contribution in [0.15, 0.2) is 42.5 Å². The molecule has 1 aliphatic heterocycles. The van der Waals surface area contributed by atoms with Gasteiger partial charge in [-0.15, -0.1) is 0 Å². The Morgan fingerprint density at radius 1 is 1.15 bits per heavy atom. The molecule has 1 heterocycles. The van der Waals surface area contributed by atoms with Crippen LogP contribution >= 0.6 is 11.6 Å². The Kier molecular flexibility index (Phi) is 5.41. The molecule has 6 nitrogen and oxygen atoms in total. The summed E-state index contributed by atoms with van der Waals surface area (Å²) in [6, 6.07) is 9.56. The van der Waals surface area contributed by atoms with Gasteiger partial charge in [0.1, 0.15) is 11.9 Å². The maximum absolute atomic E-state index is 13.8. The summed E-state index contributed by atoms with van der Waals surface area (Å²) in [5, 5.41) is 2.97. The molecule has 27 heavy (non-hydrogen) atoms. The van der Waals surface area contributed by atoms with Crippen molar-refractivity contribution < 1.29 is 18.8 Å². The van der Waals surface area contributed by atoms with Gasteiger partial charge in [0, 0.05) is 18.1 Å². The highest BCUT2D eigenvalue weighted by Gasteiger charge is 2.32. The normalized spacial score (nSPS) is 13.8. The number of primary amides is 1. The van der Waals surface area contributed by atoms with Gasteiger partial charge < -0.3 is 16.0 Å². The van der Waals surface area contributed by atoms with Gasteiger partial charge >= 0.3 is 0 Å². The number of halogens is 2. The average Bonchev–Trinajstić information content (AvgIpc) is 3.06. The first kappa shape index (κ1) is 18.8. The van der Waals surface area contributed by atoms with Gasteiger partial charge in [0.05, 0.1) is 12.0 Å². The van der Waals surface area contributed by atoms with Gasteiger partial charge in [0.2, 0.25) is 11.8 Å². The molecule has 0 saturated heterocycles. The predicted octanol–water partition coefficient (Wildman–Crippen LogP) is 2.00. The topological polar surface area (TPSA) is 92.5 Å². The maximum atomic E-state index is 13.8. The number of hydrogen-bond acceptors (Lipinski definition) is 3. The minimum Gasteiger partial charge on any atom is -0.370 e. The van der Waals surface area contributed by atoms with Crippen LogP contribution in [0.1, 0.15) is 27.9 Å². The molecule has 0 aliphatic carbocycles. The third kappa shape index (κ3) is 4.09. The maximum Gasteiger partial charge on any atom is 0.254 e. The Bertz CT molecular complexity index is 919. The van der Waals surface area contributed by atoms with Crippen molar-refractivity contribution in [2.24, 2.45) is 5.73 Å². The SMILES string of the molecule is NC(=O)CC(NC(=O)c1ccccc1F)C(=O)N1Cc2cccc(Cl)c2C1. The summed E-state index contributed by atoms with van der Waals surface area (Å²) in [7, 11) is 0. The minimum absolute atomic E-state index is 0.215. The summed E-state index contributed by atoms with van der Waals surface area (Å²) in [5.41, 5.74) is 6.73. The fourth-order valence-electron chi connectivity index (χ4n) is 3.04. The lowest BCUT2D eigenvalue weighted by atomic mass is 10.1. The molecule has 140 valence electrons. The van der Waals surface area contributed by atoms with E-state index in [0.717, 1.165) is 17.2 Å². The highest BCUT2D eigenvalue weighted by atomic mass is 35.5. The molecule has 3 rings (SSSR count). The van der Waals surface area contributed by atoms with Crippen molar-refractivity contribution in [2.75, 3.05) is 0 Å². The van der Waals surface area contributed by atoms with Gasteiger partial charge in [0.25, 0.3) is 5.91 Å². The molecule has 0 radical (unpaired) electrons. The summed E-state index contributed by atoms with van der Waals surface area (Å²) in [6.45, 7) is 0.568. The first-order chi connectivity index (χ1) is 12.9. The van der Waals surface area contributed by atoms with Crippen LogP contribution in [0.25, 0.3) is 0 Å². The third-order valence-electron chi connectivity index (χ3n) is 4.36. The lowest BCUT2D eigenvalue weighted by molar-refractivity contribution is -0.135. The van der Waals surface area contributed by atoms with Gasteiger partial charge in [-0.25, -0.2) is 4.39 Å². The van der Waals surface area contributed by atoms with E-state index in [-0.39, 0.29) is 18.5 Å². The quantitative estimate of drug-likeness (QED) is 0.819. The van der Waals surface area contributed by atoms with E-state index in [2.05, 4.69) is 5.32 Å². The Hall–Kier alpha value is -2.93. The van der Waals surface area contributed by atoms with Crippen LogP contribution in [0.2, 0.25) is 5.02 Å². The van der Waals surface area contributed by atoms with Crippen LogP contribution < -0.4 is 11.1 Å². The summed E-state index contributed by atoms with van der Waals surface area (Å²) in [6.07, 6.45) is -0.389. The monoisotopic (exact) mass is 389 g/mol.